The Morgan fingerprint density at radius 1 is 1.38 bits per heavy atom. The van der Waals surface area contributed by atoms with Crippen LogP contribution in [-0.4, -0.2) is 19.1 Å². The fourth-order valence-electron chi connectivity index (χ4n) is 3.29. The van der Waals surface area contributed by atoms with Gasteiger partial charge >= 0.3 is 0 Å². The van der Waals surface area contributed by atoms with E-state index in [4.69, 9.17) is 0 Å². The number of hydrogen-bond donors (Lipinski definition) is 2. The molecule has 1 aliphatic carbocycles. The molecule has 3 unspecified atom stereocenters. The van der Waals surface area contributed by atoms with Crippen LogP contribution in [0.1, 0.15) is 18.9 Å². The highest BCUT2D eigenvalue weighted by Crippen LogP contribution is 2.48. The van der Waals surface area contributed by atoms with Gasteiger partial charge in [0.15, 0.2) is 0 Å². The maximum absolute atomic E-state index is 3.69. The van der Waals surface area contributed by atoms with Gasteiger partial charge in [0.1, 0.15) is 0 Å². The molecule has 0 radical (unpaired) electrons. The van der Waals surface area contributed by atoms with Crippen molar-refractivity contribution in [3.63, 3.8) is 0 Å². The third-order valence-electron chi connectivity index (χ3n) is 4.37. The number of nitrogens with one attached hydrogen (secondary N) is 2. The molecule has 2 heteroatoms. The van der Waals surface area contributed by atoms with Gasteiger partial charge in [0, 0.05) is 25.7 Å². The van der Waals surface area contributed by atoms with E-state index < -0.39 is 0 Å². The molecule has 1 heterocycles. The van der Waals surface area contributed by atoms with E-state index in [1.54, 1.807) is 0 Å². The Kier molecular flexibility index (Phi) is 2.49. The van der Waals surface area contributed by atoms with E-state index in [1.165, 1.54) is 25.1 Å². The summed E-state index contributed by atoms with van der Waals surface area (Å²) >= 11 is 0. The minimum Gasteiger partial charge on any atom is -0.316 e. The Morgan fingerprint density at radius 3 is 2.94 bits per heavy atom. The molecule has 2 fully saturated rings. The fraction of sp³-hybridized carbons (Fsp3) is 0.571. The lowest BCUT2D eigenvalue weighted by atomic mass is 9.60. The van der Waals surface area contributed by atoms with Crippen LogP contribution in [0.5, 0.6) is 0 Å². The van der Waals surface area contributed by atoms with Crippen LogP contribution in [0, 0.1) is 11.3 Å². The van der Waals surface area contributed by atoms with Crippen LogP contribution in [0.2, 0.25) is 0 Å². The topological polar surface area (TPSA) is 24.1 Å². The molecule has 3 atom stereocenters. The van der Waals surface area contributed by atoms with Crippen molar-refractivity contribution in [2.75, 3.05) is 13.1 Å². The Bertz CT molecular complexity index is 362. The van der Waals surface area contributed by atoms with Crippen LogP contribution in [0.4, 0.5) is 0 Å². The molecule has 1 saturated carbocycles. The SMILES string of the molecule is CC12CNCC1C(NCc1ccccc1)C2. The number of benzene rings is 1. The third kappa shape index (κ3) is 1.66. The van der Waals surface area contributed by atoms with Crippen LogP contribution in [-0.2, 0) is 6.54 Å². The lowest BCUT2D eigenvalue weighted by Crippen LogP contribution is -2.55. The van der Waals surface area contributed by atoms with Gasteiger partial charge in [0.2, 0.25) is 0 Å². The van der Waals surface area contributed by atoms with Crippen molar-refractivity contribution in [3.8, 4) is 0 Å². The number of hydrogen-bond acceptors (Lipinski definition) is 2. The highest BCUT2D eigenvalue weighted by atomic mass is 15.0. The van der Waals surface area contributed by atoms with Crippen molar-refractivity contribution < 1.29 is 0 Å². The molecule has 0 amide bonds. The predicted octanol–water partition coefficient (Wildman–Crippen LogP) is 1.77. The van der Waals surface area contributed by atoms with Crippen molar-refractivity contribution >= 4 is 0 Å². The summed E-state index contributed by atoms with van der Waals surface area (Å²) in [6.07, 6.45) is 1.33. The van der Waals surface area contributed by atoms with E-state index in [2.05, 4.69) is 47.9 Å². The first-order valence-electron chi connectivity index (χ1n) is 6.26. The van der Waals surface area contributed by atoms with Crippen molar-refractivity contribution in [1.82, 2.24) is 10.6 Å². The Morgan fingerprint density at radius 2 is 2.19 bits per heavy atom. The van der Waals surface area contributed by atoms with E-state index in [1.807, 2.05) is 0 Å². The maximum Gasteiger partial charge on any atom is 0.0208 e. The molecule has 1 aromatic carbocycles. The first-order chi connectivity index (χ1) is 7.78. The molecular formula is C14H20N2. The van der Waals surface area contributed by atoms with Crippen molar-refractivity contribution in [2.24, 2.45) is 11.3 Å². The molecule has 86 valence electrons. The molecule has 1 saturated heterocycles. The van der Waals surface area contributed by atoms with Gasteiger partial charge in [-0.15, -0.1) is 0 Å². The summed E-state index contributed by atoms with van der Waals surface area (Å²) in [6.45, 7) is 5.83. The first-order valence-corrected chi connectivity index (χ1v) is 6.26. The van der Waals surface area contributed by atoms with Crippen LogP contribution in [0.3, 0.4) is 0 Å². The molecule has 16 heavy (non-hydrogen) atoms. The average Bonchev–Trinajstić information content (AvgIpc) is 2.59. The second-order valence-corrected chi connectivity index (χ2v) is 5.57. The molecule has 0 bridgehead atoms. The summed E-state index contributed by atoms with van der Waals surface area (Å²) in [5.41, 5.74) is 1.97. The number of fused-ring (bicyclic) bond motifs is 1. The van der Waals surface area contributed by atoms with E-state index in [9.17, 15) is 0 Å². The molecule has 0 aromatic heterocycles. The first kappa shape index (κ1) is 10.3. The summed E-state index contributed by atoms with van der Waals surface area (Å²) in [7, 11) is 0. The van der Waals surface area contributed by atoms with Gasteiger partial charge in [0.05, 0.1) is 0 Å². The van der Waals surface area contributed by atoms with Crippen LogP contribution in [0.15, 0.2) is 30.3 Å². The Hall–Kier alpha value is -0.860. The normalized spacial score (nSPS) is 36.8. The van der Waals surface area contributed by atoms with Gasteiger partial charge in [-0.3, -0.25) is 0 Å². The van der Waals surface area contributed by atoms with Gasteiger partial charge in [0.25, 0.3) is 0 Å². The smallest absolute Gasteiger partial charge is 0.0208 e. The minimum absolute atomic E-state index is 0.578. The predicted molar refractivity (Wildman–Crippen MR) is 66.2 cm³/mol. The average molecular weight is 216 g/mol. The molecule has 2 nitrogen and oxygen atoms in total. The van der Waals surface area contributed by atoms with Crippen LogP contribution >= 0.6 is 0 Å². The lowest BCUT2D eigenvalue weighted by molar-refractivity contribution is 0.0516. The highest BCUT2D eigenvalue weighted by molar-refractivity contribution is 5.15. The van der Waals surface area contributed by atoms with Crippen molar-refractivity contribution in [2.45, 2.75) is 25.9 Å². The highest BCUT2D eigenvalue weighted by Gasteiger charge is 2.52. The fourth-order valence-corrected chi connectivity index (χ4v) is 3.29. The monoisotopic (exact) mass is 216 g/mol. The van der Waals surface area contributed by atoms with Crippen LogP contribution < -0.4 is 10.6 Å². The molecule has 2 aliphatic rings. The zero-order valence-electron chi connectivity index (χ0n) is 9.87. The molecule has 3 rings (SSSR count). The largest absolute Gasteiger partial charge is 0.316 e. The van der Waals surface area contributed by atoms with Gasteiger partial charge in [-0.05, 0) is 23.3 Å². The molecule has 1 aliphatic heterocycles. The quantitative estimate of drug-likeness (QED) is 0.804. The van der Waals surface area contributed by atoms with E-state index >= 15 is 0 Å². The molecule has 1 aromatic rings. The van der Waals surface area contributed by atoms with E-state index in [-0.39, 0.29) is 0 Å². The van der Waals surface area contributed by atoms with Crippen molar-refractivity contribution in [3.05, 3.63) is 35.9 Å². The van der Waals surface area contributed by atoms with E-state index in [0.717, 1.165) is 18.5 Å². The molecule has 0 spiro atoms. The Balaban J connectivity index is 1.54. The summed E-state index contributed by atoms with van der Waals surface area (Å²) in [4.78, 5) is 0. The minimum atomic E-state index is 0.578. The second kappa shape index (κ2) is 3.86. The zero-order chi connectivity index (χ0) is 11.0. The van der Waals surface area contributed by atoms with Gasteiger partial charge in [-0.2, -0.15) is 0 Å². The standard InChI is InChI=1S/C14H20N2/c1-14-7-13(12(14)9-15-10-14)16-8-11-5-3-2-4-6-11/h2-6,12-13,15-16H,7-10H2,1H3. The summed E-state index contributed by atoms with van der Waals surface area (Å²) in [5.74, 6) is 0.844. The molecule has 2 N–H and O–H groups in total. The summed E-state index contributed by atoms with van der Waals surface area (Å²) < 4.78 is 0. The van der Waals surface area contributed by atoms with Gasteiger partial charge in [-0.1, -0.05) is 37.3 Å². The molecular weight excluding hydrogens is 196 g/mol. The zero-order valence-corrected chi connectivity index (χ0v) is 9.87. The summed E-state index contributed by atoms with van der Waals surface area (Å²) in [6, 6.07) is 11.4. The number of rotatable bonds is 3. The maximum atomic E-state index is 3.69. The lowest BCUT2D eigenvalue weighted by Gasteiger charge is -2.49. The second-order valence-electron chi connectivity index (χ2n) is 5.57. The van der Waals surface area contributed by atoms with Gasteiger partial charge < -0.3 is 10.6 Å². The summed E-state index contributed by atoms with van der Waals surface area (Å²) in [5, 5.41) is 7.20. The Labute approximate surface area is 97.4 Å². The van der Waals surface area contributed by atoms with Crippen molar-refractivity contribution in [1.29, 1.82) is 0 Å². The van der Waals surface area contributed by atoms with E-state index in [0.29, 0.717) is 5.41 Å². The van der Waals surface area contributed by atoms with Crippen LogP contribution in [0.25, 0.3) is 0 Å². The third-order valence-corrected chi connectivity index (χ3v) is 4.37. The van der Waals surface area contributed by atoms with Gasteiger partial charge in [-0.25, -0.2) is 0 Å².